The number of carbonyl (C=O) groups is 1. The molecule has 0 bridgehead atoms. The van der Waals surface area contributed by atoms with Gasteiger partial charge in [0.2, 0.25) is 5.91 Å². The molecule has 0 saturated carbocycles. The molecule has 5 nitrogen and oxygen atoms in total. The zero-order valence-electron chi connectivity index (χ0n) is 16.4. The number of hydrogen-bond donors (Lipinski definition) is 1. The molecule has 1 aromatic heterocycles. The van der Waals surface area contributed by atoms with Crippen LogP contribution in [0.1, 0.15) is 18.4 Å². The van der Waals surface area contributed by atoms with Crippen molar-refractivity contribution in [2.24, 2.45) is 5.92 Å². The van der Waals surface area contributed by atoms with E-state index in [1.807, 2.05) is 30.3 Å². The number of nitrogens with one attached hydrogen (secondary N) is 1. The van der Waals surface area contributed by atoms with Gasteiger partial charge in [-0.1, -0.05) is 24.3 Å². The largest absolute Gasteiger partial charge is 0.356 e. The lowest BCUT2D eigenvalue weighted by atomic mass is 9.96. The van der Waals surface area contributed by atoms with E-state index in [4.69, 9.17) is 5.26 Å². The Balaban J connectivity index is 1.41. The van der Waals surface area contributed by atoms with Gasteiger partial charge in [-0.2, -0.15) is 5.26 Å². The fraction of sp³-hybridized carbons (Fsp3) is 0.208. The van der Waals surface area contributed by atoms with Crippen molar-refractivity contribution in [3.8, 4) is 17.2 Å². The first-order valence-corrected chi connectivity index (χ1v) is 9.90. The highest BCUT2D eigenvalue weighted by Gasteiger charge is 2.26. The Morgan fingerprint density at radius 1 is 1.13 bits per heavy atom. The molecule has 1 atom stereocenters. The number of nitrogens with zero attached hydrogens (tertiary/aromatic N) is 3. The van der Waals surface area contributed by atoms with Gasteiger partial charge in [-0.05, 0) is 60.4 Å². The number of carbonyl (C=O) groups excluding carboxylic acids is 1. The summed E-state index contributed by atoms with van der Waals surface area (Å²) in [7, 11) is 0. The van der Waals surface area contributed by atoms with Crippen molar-refractivity contribution < 1.29 is 9.18 Å². The van der Waals surface area contributed by atoms with Crippen molar-refractivity contribution >= 4 is 17.4 Å². The average molecular weight is 400 g/mol. The number of benzene rings is 2. The summed E-state index contributed by atoms with van der Waals surface area (Å²) in [6.07, 6.45) is 3.31. The van der Waals surface area contributed by atoms with Gasteiger partial charge in [-0.3, -0.25) is 4.79 Å². The number of piperidine rings is 1. The lowest BCUT2D eigenvalue weighted by Crippen LogP contribution is -2.41. The number of nitriles is 1. The first-order valence-electron chi connectivity index (χ1n) is 9.90. The molecule has 1 fully saturated rings. The smallest absolute Gasteiger partial charge is 0.229 e. The van der Waals surface area contributed by atoms with Crippen LogP contribution in [0, 0.1) is 23.1 Å². The van der Waals surface area contributed by atoms with Crippen LogP contribution < -0.4 is 10.2 Å². The maximum absolute atomic E-state index is 13.4. The number of amides is 1. The molecule has 0 spiro atoms. The molecule has 6 heteroatoms. The van der Waals surface area contributed by atoms with Gasteiger partial charge >= 0.3 is 0 Å². The van der Waals surface area contributed by atoms with Gasteiger partial charge in [0.15, 0.2) is 0 Å². The molecule has 1 amide bonds. The summed E-state index contributed by atoms with van der Waals surface area (Å²) in [6, 6.07) is 19.4. The summed E-state index contributed by atoms with van der Waals surface area (Å²) in [6.45, 7) is 1.38. The van der Waals surface area contributed by atoms with Crippen molar-refractivity contribution in [2.75, 3.05) is 23.3 Å². The van der Waals surface area contributed by atoms with Crippen molar-refractivity contribution in [2.45, 2.75) is 12.8 Å². The van der Waals surface area contributed by atoms with Crippen molar-refractivity contribution in [3.05, 3.63) is 78.2 Å². The van der Waals surface area contributed by atoms with E-state index in [1.165, 1.54) is 12.1 Å². The van der Waals surface area contributed by atoms with Crippen LogP contribution in [0.3, 0.4) is 0 Å². The van der Waals surface area contributed by atoms with Crippen molar-refractivity contribution in [3.63, 3.8) is 0 Å². The lowest BCUT2D eigenvalue weighted by Gasteiger charge is -2.32. The number of pyridine rings is 1. The van der Waals surface area contributed by atoms with Gasteiger partial charge in [0.05, 0.1) is 17.6 Å². The van der Waals surface area contributed by atoms with Gasteiger partial charge in [0.1, 0.15) is 11.6 Å². The summed E-state index contributed by atoms with van der Waals surface area (Å²) in [5.74, 6) is 0.261. The van der Waals surface area contributed by atoms with Crippen LogP contribution in [0.4, 0.5) is 15.9 Å². The topological polar surface area (TPSA) is 69.0 Å². The van der Waals surface area contributed by atoms with E-state index in [-0.39, 0.29) is 17.6 Å². The normalized spacial score (nSPS) is 16.0. The van der Waals surface area contributed by atoms with E-state index in [0.717, 1.165) is 36.3 Å². The Labute approximate surface area is 174 Å². The zero-order valence-corrected chi connectivity index (χ0v) is 16.4. The van der Waals surface area contributed by atoms with E-state index in [0.29, 0.717) is 17.8 Å². The molecule has 3 aromatic rings. The molecule has 1 N–H and O–H groups in total. The average Bonchev–Trinajstić information content (AvgIpc) is 2.79. The predicted octanol–water partition coefficient (Wildman–Crippen LogP) is 4.61. The quantitative estimate of drug-likeness (QED) is 0.694. The first-order chi connectivity index (χ1) is 14.6. The fourth-order valence-electron chi connectivity index (χ4n) is 3.72. The first kappa shape index (κ1) is 19.6. The predicted molar refractivity (Wildman–Crippen MR) is 114 cm³/mol. The number of aromatic nitrogens is 1. The Morgan fingerprint density at radius 2 is 1.97 bits per heavy atom. The molecule has 1 aliphatic heterocycles. The number of hydrogen-bond acceptors (Lipinski definition) is 4. The van der Waals surface area contributed by atoms with E-state index in [1.54, 1.807) is 24.4 Å². The fourth-order valence-corrected chi connectivity index (χ4v) is 3.72. The van der Waals surface area contributed by atoms with E-state index in [2.05, 4.69) is 21.3 Å². The van der Waals surface area contributed by atoms with E-state index < -0.39 is 0 Å². The third-order valence-electron chi connectivity index (χ3n) is 5.30. The Bertz CT molecular complexity index is 1090. The zero-order chi connectivity index (χ0) is 20.9. The van der Waals surface area contributed by atoms with Gasteiger partial charge in [0.25, 0.3) is 0 Å². The van der Waals surface area contributed by atoms with Crippen LogP contribution in [-0.4, -0.2) is 24.0 Å². The molecule has 0 radical (unpaired) electrons. The summed E-state index contributed by atoms with van der Waals surface area (Å²) in [5.41, 5.74) is 2.95. The molecule has 30 heavy (non-hydrogen) atoms. The van der Waals surface area contributed by atoms with Gasteiger partial charge in [-0.15, -0.1) is 0 Å². The van der Waals surface area contributed by atoms with Gasteiger partial charge in [-0.25, -0.2) is 9.37 Å². The van der Waals surface area contributed by atoms with Crippen LogP contribution in [0.5, 0.6) is 0 Å². The summed E-state index contributed by atoms with van der Waals surface area (Å²) >= 11 is 0. The minimum atomic E-state index is -0.276. The molecule has 2 aromatic carbocycles. The molecule has 150 valence electrons. The highest BCUT2D eigenvalue weighted by atomic mass is 19.1. The summed E-state index contributed by atoms with van der Waals surface area (Å²) in [5, 5.41) is 12.1. The lowest BCUT2D eigenvalue weighted by molar-refractivity contribution is -0.120. The van der Waals surface area contributed by atoms with Crippen LogP contribution >= 0.6 is 0 Å². The number of halogens is 1. The van der Waals surface area contributed by atoms with E-state index >= 15 is 0 Å². The van der Waals surface area contributed by atoms with Crippen molar-refractivity contribution in [1.29, 1.82) is 5.26 Å². The van der Waals surface area contributed by atoms with Crippen molar-refractivity contribution in [1.82, 2.24) is 4.98 Å². The van der Waals surface area contributed by atoms with Crippen LogP contribution in [0.15, 0.2) is 66.9 Å². The standard InChI is InChI=1S/C24H21FN4O/c25-21-5-1-3-19(14-21)18-6-8-22(9-7-18)28-24(30)20-4-2-12-29(16-20)23-13-17(15-26)10-11-27-23/h1,3,5-11,13-14,20H,2,4,12,16H2,(H,28,30)/t20-/m1/s1. The molecule has 1 saturated heterocycles. The molecule has 2 heterocycles. The second-order valence-corrected chi connectivity index (χ2v) is 7.38. The van der Waals surface area contributed by atoms with Crippen LogP contribution in [0.25, 0.3) is 11.1 Å². The molecule has 0 unspecified atom stereocenters. The molecule has 0 aliphatic carbocycles. The molecule has 1 aliphatic rings. The monoisotopic (exact) mass is 400 g/mol. The third-order valence-corrected chi connectivity index (χ3v) is 5.30. The summed E-state index contributed by atoms with van der Waals surface area (Å²) < 4.78 is 13.4. The third kappa shape index (κ3) is 4.47. The second kappa shape index (κ2) is 8.75. The SMILES string of the molecule is N#Cc1ccnc(N2CCC[C@@H](C(=O)Nc3ccc(-c4cccc(F)c4)cc3)C2)c1. The maximum atomic E-state index is 13.4. The number of anilines is 2. The Morgan fingerprint density at radius 3 is 2.73 bits per heavy atom. The van der Waals surface area contributed by atoms with Crippen LogP contribution in [0.2, 0.25) is 0 Å². The van der Waals surface area contributed by atoms with Crippen LogP contribution in [-0.2, 0) is 4.79 Å². The minimum absolute atomic E-state index is 0.0327. The maximum Gasteiger partial charge on any atom is 0.229 e. The van der Waals surface area contributed by atoms with Gasteiger partial charge in [0, 0.05) is 25.0 Å². The van der Waals surface area contributed by atoms with E-state index in [9.17, 15) is 9.18 Å². The van der Waals surface area contributed by atoms with Gasteiger partial charge < -0.3 is 10.2 Å². The highest BCUT2D eigenvalue weighted by molar-refractivity contribution is 5.93. The molecular formula is C24H21FN4O. The Kier molecular flexibility index (Phi) is 5.71. The number of rotatable bonds is 4. The second-order valence-electron chi connectivity index (χ2n) is 7.38. The minimum Gasteiger partial charge on any atom is -0.356 e. The Hall–Kier alpha value is -3.72. The highest BCUT2D eigenvalue weighted by Crippen LogP contribution is 2.25. The molecular weight excluding hydrogens is 379 g/mol. The molecule has 4 rings (SSSR count). The summed E-state index contributed by atoms with van der Waals surface area (Å²) in [4.78, 5) is 19.2.